The summed E-state index contributed by atoms with van der Waals surface area (Å²) in [6, 6.07) is 15.6. The molecular formula is C22H15N5O3S. The van der Waals surface area contributed by atoms with E-state index in [0.29, 0.717) is 28.5 Å². The number of hydrogen-bond acceptors (Lipinski definition) is 7. The summed E-state index contributed by atoms with van der Waals surface area (Å²) >= 11 is 1.30. The number of nitrogens with zero attached hydrogens (tertiary/aromatic N) is 5. The fourth-order valence-electron chi connectivity index (χ4n) is 3.54. The molecule has 31 heavy (non-hydrogen) atoms. The quantitative estimate of drug-likeness (QED) is 0.438. The average Bonchev–Trinajstić information content (AvgIpc) is 3.52. The zero-order valence-electron chi connectivity index (χ0n) is 16.1. The highest BCUT2D eigenvalue weighted by molar-refractivity contribution is 7.15. The molecule has 1 aliphatic heterocycles. The normalized spacial score (nSPS) is 13.7. The number of benzene rings is 2. The minimum atomic E-state index is -0.196. The van der Waals surface area contributed by atoms with E-state index < -0.39 is 0 Å². The first-order valence-electron chi connectivity index (χ1n) is 9.66. The van der Waals surface area contributed by atoms with Gasteiger partial charge in [0.15, 0.2) is 11.5 Å². The molecule has 2 aromatic carbocycles. The van der Waals surface area contributed by atoms with Crippen LogP contribution < -0.4 is 19.6 Å². The second kappa shape index (κ2) is 7.06. The number of para-hydroxylation sites is 1. The maximum absolute atomic E-state index is 12.7. The Hall–Kier alpha value is -3.98. The maximum atomic E-state index is 12.7. The molecule has 1 aliphatic rings. The molecule has 0 spiro atoms. The predicted octanol–water partition coefficient (Wildman–Crippen LogP) is 2.32. The van der Waals surface area contributed by atoms with Crippen molar-refractivity contribution in [3.05, 3.63) is 81.5 Å². The van der Waals surface area contributed by atoms with E-state index in [0.717, 1.165) is 28.3 Å². The van der Waals surface area contributed by atoms with Crippen LogP contribution >= 0.6 is 11.3 Å². The lowest BCUT2D eigenvalue weighted by molar-refractivity contribution is 0.171. The molecule has 0 amide bonds. The summed E-state index contributed by atoms with van der Waals surface area (Å²) in [5.41, 5.74) is 3.14. The monoisotopic (exact) mass is 429 g/mol. The van der Waals surface area contributed by atoms with Crippen LogP contribution in [-0.2, 0) is 0 Å². The molecule has 5 aromatic rings. The van der Waals surface area contributed by atoms with Gasteiger partial charge in [-0.15, -0.1) is 0 Å². The van der Waals surface area contributed by atoms with Gasteiger partial charge >= 0.3 is 0 Å². The first-order valence-corrected chi connectivity index (χ1v) is 10.5. The van der Waals surface area contributed by atoms with Gasteiger partial charge in [0, 0.05) is 17.3 Å². The van der Waals surface area contributed by atoms with E-state index in [2.05, 4.69) is 10.1 Å². The molecule has 0 atom stereocenters. The van der Waals surface area contributed by atoms with E-state index in [1.165, 1.54) is 22.2 Å². The van der Waals surface area contributed by atoms with Crippen LogP contribution in [0.2, 0.25) is 0 Å². The lowest BCUT2D eigenvalue weighted by Gasteiger charge is -2.18. The van der Waals surface area contributed by atoms with Crippen molar-refractivity contribution in [3.63, 3.8) is 0 Å². The van der Waals surface area contributed by atoms with E-state index in [9.17, 15) is 4.79 Å². The highest BCUT2D eigenvalue weighted by Gasteiger charge is 2.17. The Bertz CT molecular complexity index is 1520. The van der Waals surface area contributed by atoms with Gasteiger partial charge in [0.1, 0.15) is 25.2 Å². The fourth-order valence-corrected chi connectivity index (χ4v) is 4.41. The third-order valence-corrected chi connectivity index (χ3v) is 5.96. The standard InChI is InChI=1S/C22H15N5O3S/c28-21-19(31-22-23-13-24-27(21)22)11-15-12-26(16-4-2-1-3-5-16)25-20(15)14-6-7-17-18(10-14)30-9-8-29-17/h1-7,10-13H,8-9H2/b19-11-. The third-order valence-electron chi connectivity index (χ3n) is 4.99. The van der Waals surface area contributed by atoms with E-state index in [4.69, 9.17) is 14.6 Å². The Morgan fingerprint density at radius 2 is 1.87 bits per heavy atom. The summed E-state index contributed by atoms with van der Waals surface area (Å²) in [4.78, 5) is 17.4. The van der Waals surface area contributed by atoms with Crippen LogP contribution in [0.3, 0.4) is 0 Å². The van der Waals surface area contributed by atoms with Gasteiger partial charge in [-0.3, -0.25) is 4.79 Å². The largest absolute Gasteiger partial charge is 0.486 e. The van der Waals surface area contributed by atoms with Gasteiger partial charge in [-0.25, -0.2) is 9.67 Å². The number of aromatic nitrogens is 5. The maximum Gasteiger partial charge on any atom is 0.291 e. The Kier molecular flexibility index (Phi) is 4.07. The molecule has 8 nitrogen and oxygen atoms in total. The van der Waals surface area contributed by atoms with Crippen molar-refractivity contribution in [2.75, 3.05) is 13.2 Å². The predicted molar refractivity (Wildman–Crippen MR) is 116 cm³/mol. The number of fused-ring (bicyclic) bond motifs is 2. The summed E-state index contributed by atoms with van der Waals surface area (Å²) in [6.45, 7) is 1.05. The van der Waals surface area contributed by atoms with Crippen molar-refractivity contribution >= 4 is 22.4 Å². The van der Waals surface area contributed by atoms with Crippen LogP contribution in [0.5, 0.6) is 11.5 Å². The van der Waals surface area contributed by atoms with E-state index in [1.807, 2.05) is 60.8 Å². The van der Waals surface area contributed by atoms with Gasteiger partial charge in [-0.05, 0) is 36.4 Å². The van der Waals surface area contributed by atoms with E-state index in [-0.39, 0.29) is 5.56 Å². The molecule has 4 heterocycles. The van der Waals surface area contributed by atoms with Crippen molar-refractivity contribution in [2.45, 2.75) is 0 Å². The Balaban J connectivity index is 1.55. The SMILES string of the molecule is O=c1/c(=C/c2cn(-c3ccccc3)nc2-c2ccc3c(c2)OCCO3)sc2ncnn12. The number of rotatable bonds is 3. The molecule has 0 unspecified atom stereocenters. The van der Waals surface area contributed by atoms with Crippen molar-refractivity contribution in [2.24, 2.45) is 0 Å². The van der Waals surface area contributed by atoms with Gasteiger partial charge in [0.2, 0.25) is 4.96 Å². The van der Waals surface area contributed by atoms with Crippen molar-refractivity contribution in [1.82, 2.24) is 24.4 Å². The second-order valence-corrected chi connectivity index (χ2v) is 7.95. The van der Waals surface area contributed by atoms with Gasteiger partial charge in [0.05, 0.1) is 10.2 Å². The van der Waals surface area contributed by atoms with Crippen LogP contribution in [0.15, 0.2) is 65.8 Å². The van der Waals surface area contributed by atoms with Crippen molar-refractivity contribution in [3.8, 4) is 28.4 Å². The van der Waals surface area contributed by atoms with Crippen LogP contribution in [-0.4, -0.2) is 37.6 Å². The Labute approximate surface area is 179 Å². The molecule has 0 bridgehead atoms. The molecule has 0 saturated heterocycles. The molecule has 6 rings (SSSR count). The lowest BCUT2D eigenvalue weighted by Crippen LogP contribution is -2.23. The number of ether oxygens (including phenoxy) is 2. The third kappa shape index (κ3) is 3.06. The second-order valence-electron chi connectivity index (χ2n) is 6.94. The zero-order valence-corrected chi connectivity index (χ0v) is 17.0. The van der Waals surface area contributed by atoms with Crippen LogP contribution in [0.1, 0.15) is 5.56 Å². The molecule has 0 aliphatic carbocycles. The summed E-state index contributed by atoms with van der Waals surface area (Å²) in [5.74, 6) is 1.41. The van der Waals surface area contributed by atoms with E-state index in [1.54, 1.807) is 4.68 Å². The average molecular weight is 429 g/mol. The molecular weight excluding hydrogens is 414 g/mol. The van der Waals surface area contributed by atoms with Gasteiger partial charge in [-0.2, -0.15) is 14.7 Å². The minimum Gasteiger partial charge on any atom is -0.486 e. The molecule has 9 heteroatoms. The molecule has 0 radical (unpaired) electrons. The van der Waals surface area contributed by atoms with Crippen LogP contribution in [0, 0.1) is 0 Å². The number of thiazole rings is 1. The van der Waals surface area contributed by atoms with Gasteiger partial charge in [-0.1, -0.05) is 29.5 Å². The highest BCUT2D eigenvalue weighted by atomic mass is 32.1. The van der Waals surface area contributed by atoms with E-state index >= 15 is 0 Å². The van der Waals surface area contributed by atoms with Gasteiger partial charge < -0.3 is 9.47 Å². The smallest absolute Gasteiger partial charge is 0.291 e. The fraction of sp³-hybridized carbons (Fsp3) is 0.0909. The zero-order chi connectivity index (χ0) is 20.8. The number of hydrogen-bond donors (Lipinski definition) is 0. The molecule has 0 N–H and O–H groups in total. The first kappa shape index (κ1) is 17.8. The Morgan fingerprint density at radius 3 is 2.71 bits per heavy atom. The highest BCUT2D eigenvalue weighted by Crippen LogP contribution is 2.35. The Morgan fingerprint density at radius 1 is 1.03 bits per heavy atom. The topological polar surface area (TPSA) is 83.5 Å². The summed E-state index contributed by atoms with van der Waals surface area (Å²) < 4.78 is 15.0. The molecule has 0 fully saturated rings. The lowest BCUT2D eigenvalue weighted by atomic mass is 10.1. The molecule has 3 aromatic heterocycles. The summed E-state index contributed by atoms with van der Waals surface area (Å²) in [5, 5.41) is 8.81. The van der Waals surface area contributed by atoms with Crippen LogP contribution in [0.4, 0.5) is 0 Å². The van der Waals surface area contributed by atoms with Crippen molar-refractivity contribution < 1.29 is 9.47 Å². The first-order chi connectivity index (χ1) is 15.3. The summed E-state index contributed by atoms with van der Waals surface area (Å²) in [7, 11) is 0. The molecule has 0 saturated carbocycles. The molecule has 152 valence electrons. The summed E-state index contributed by atoms with van der Waals surface area (Å²) in [6.07, 6.45) is 5.13. The van der Waals surface area contributed by atoms with Crippen molar-refractivity contribution in [1.29, 1.82) is 0 Å². The van der Waals surface area contributed by atoms with Crippen LogP contribution in [0.25, 0.3) is 28.0 Å². The van der Waals surface area contributed by atoms with Gasteiger partial charge in [0.25, 0.3) is 5.56 Å². The minimum absolute atomic E-state index is 0.196.